The average molecular weight is 582 g/mol. The molecule has 2 atom stereocenters. The highest BCUT2D eigenvalue weighted by Crippen LogP contribution is 2.47. The maximum Gasteiger partial charge on any atom is 0.353 e. The molecule has 0 radical (unpaired) electrons. The smallest absolute Gasteiger partial charge is 0.353 e. The van der Waals surface area contributed by atoms with Crippen LogP contribution in [-0.4, -0.2) is 45.0 Å². The maximum absolute atomic E-state index is 13.0. The normalized spacial score (nSPS) is 18.9. The third-order valence-corrected chi connectivity index (χ3v) is 9.04. The molecular formula is C27H21BrN2O4S2. The van der Waals surface area contributed by atoms with Gasteiger partial charge in [0.15, 0.2) is 0 Å². The van der Waals surface area contributed by atoms with Crippen LogP contribution in [0.3, 0.4) is 0 Å². The second-order valence-corrected chi connectivity index (χ2v) is 11.5. The van der Waals surface area contributed by atoms with Gasteiger partial charge < -0.3 is 10.4 Å². The second-order valence-electron chi connectivity index (χ2n) is 8.30. The minimum absolute atomic E-state index is 0.00996. The summed E-state index contributed by atoms with van der Waals surface area (Å²) in [5.74, 6) is -1.38. The first kappa shape index (κ1) is 24.7. The van der Waals surface area contributed by atoms with E-state index >= 15 is 0 Å². The second kappa shape index (κ2) is 10.5. The van der Waals surface area contributed by atoms with Crippen molar-refractivity contribution < 1.29 is 19.5 Å². The summed E-state index contributed by atoms with van der Waals surface area (Å²) in [5, 5.41) is 12.4. The lowest BCUT2D eigenvalue weighted by Gasteiger charge is -2.49. The molecule has 2 N–H and O–H groups in total. The van der Waals surface area contributed by atoms with Gasteiger partial charge in [-0.3, -0.25) is 14.5 Å². The first-order valence-electron chi connectivity index (χ1n) is 11.2. The third-order valence-electron chi connectivity index (χ3n) is 5.92. The number of carboxylic acids is 1. The summed E-state index contributed by atoms with van der Waals surface area (Å²) in [5.41, 5.74) is 2.83. The molecule has 2 heterocycles. The number of hydrogen-bond acceptors (Lipinski definition) is 5. The van der Waals surface area contributed by atoms with Gasteiger partial charge in [-0.1, -0.05) is 88.4 Å². The van der Waals surface area contributed by atoms with E-state index in [0.29, 0.717) is 10.7 Å². The quantitative estimate of drug-likeness (QED) is 0.376. The predicted molar refractivity (Wildman–Crippen MR) is 145 cm³/mol. The number of carbonyl (C=O) groups excluding carboxylic acids is 2. The minimum atomic E-state index is -1.15. The standard InChI is InChI=1S/C27H21BrN2O4S2/c28-18-11-12-20(19(14-18)17-9-5-2-6-10-17)36-21-15-35-26-23(25(32)30(26)24(21)27(33)34)29-22(31)13-16-7-3-1-4-8-16/h1-12,14,23,26H,13,15H2,(H,29,31)(H,33,34)/t23-,26-/m1/s1. The van der Waals surface area contributed by atoms with E-state index in [9.17, 15) is 19.5 Å². The Balaban J connectivity index is 1.37. The lowest BCUT2D eigenvalue weighted by Crippen LogP contribution is -2.70. The first-order valence-corrected chi connectivity index (χ1v) is 13.9. The fraction of sp³-hybridized carbons (Fsp3) is 0.148. The largest absolute Gasteiger partial charge is 0.477 e. The number of amides is 2. The van der Waals surface area contributed by atoms with Crippen molar-refractivity contribution in [2.45, 2.75) is 22.7 Å². The average Bonchev–Trinajstić information content (AvgIpc) is 2.89. The van der Waals surface area contributed by atoms with Crippen LogP contribution in [-0.2, 0) is 20.8 Å². The van der Waals surface area contributed by atoms with Gasteiger partial charge in [0.1, 0.15) is 17.1 Å². The molecule has 2 aliphatic heterocycles. The molecule has 0 aromatic heterocycles. The Morgan fingerprint density at radius 2 is 1.75 bits per heavy atom. The Morgan fingerprint density at radius 3 is 2.44 bits per heavy atom. The van der Waals surface area contributed by atoms with Gasteiger partial charge in [0.2, 0.25) is 5.91 Å². The highest BCUT2D eigenvalue weighted by atomic mass is 79.9. The molecule has 0 saturated carbocycles. The summed E-state index contributed by atoms with van der Waals surface area (Å²) in [7, 11) is 0. The van der Waals surface area contributed by atoms with Crippen molar-refractivity contribution in [1.29, 1.82) is 0 Å². The molecule has 6 nitrogen and oxygen atoms in total. The fourth-order valence-electron chi connectivity index (χ4n) is 4.24. The van der Waals surface area contributed by atoms with Crippen molar-refractivity contribution in [3.63, 3.8) is 0 Å². The summed E-state index contributed by atoms with van der Waals surface area (Å²) >= 11 is 6.36. The van der Waals surface area contributed by atoms with E-state index in [1.807, 2.05) is 78.9 Å². The Labute approximate surface area is 225 Å². The zero-order chi connectivity index (χ0) is 25.2. The molecule has 0 aliphatic carbocycles. The van der Waals surface area contributed by atoms with Crippen molar-refractivity contribution in [1.82, 2.24) is 10.2 Å². The Morgan fingerprint density at radius 1 is 1.06 bits per heavy atom. The van der Waals surface area contributed by atoms with E-state index in [4.69, 9.17) is 0 Å². The molecule has 182 valence electrons. The van der Waals surface area contributed by atoms with Gasteiger partial charge in [0, 0.05) is 20.0 Å². The summed E-state index contributed by atoms with van der Waals surface area (Å²) in [6.07, 6.45) is 0.163. The number of fused-ring (bicyclic) bond motifs is 1. The van der Waals surface area contributed by atoms with Crippen LogP contribution in [0, 0.1) is 0 Å². The third kappa shape index (κ3) is 4.96. The van der Waals surface area contributed by atoms with Crippen molar-refractivity contribution in [3.8, 4) is 11.1 Å². The maximum atomic E-state index is 13.0. The number of nitrogens with one attached hydrogen (secondary N) is 1. The van der Waals surface area contributed by atoms with Crippen molar-refractivity contribution >= 4 is 57.2 Å². The number of aliphatic carboxylic acids is 1. The van der Waals surface area contributed by atoms with Crippen molar-refractivity contribution in [2.24, 2.45) is 0 Å². The van der Waals surface area contributed by atoms with Gasteiger partial charge in [-0.05, 0) is 34.9 Å². The highest BCUT2D eigenvalue weighted by Gasteiger charge is 2.54. The number of carboxylic acid groups (broad SMARTS) is 1. The Hall–Kier alpha value is -3.01. The number of nitrogens with zero attached hydrogens (tertiary/aromatic N) is 1. The topological polar surface area (TPSA) is 86.7 Å². The van der Waals surface area contributed by atoms with Gasteiger partial charge in [-0.25, -0.2) is 4.79 Å². The van der Waals surface area contributed by atoms with Gasteiger partial charge in [0.05, 0.1) is 6.42 Å². The van der Waals surface area contributed by atoms with Gasteiger partial charge in [-0.15, -0.1) is 11.8 Å². The molecule has 5 rings (SSSR count). The molecule has 2 amide bonds. The summed E-state index contributed by atoms with van der Waals surface area (Å²) in [4.78, 5) is 40.7. The van der Waals surface area contributed by atoms with E-state index in [1.165, 1.54) is 28.4 Å². The molecule has 1 saturated heterocycles. The van der Waals surface area contributed by atoms with Crippen LogP contribution in [0.1, 0.15) is 5.56 Å². The van der Waals surface area contributed by atoms with Crippen LogP contribution in [0.2, 0.25) is 0 Å². The van der Waals surface area contributed by atoms with Crippen LogP contribution in [0.25, 0.3) is 11.1 Å². The number of carbonyl (C=O) groups is 3. The monoisotopic (exact) mass is 580 g/mol. The van der Waals surface area contributed by atoms with Gasteiger partial charge in [0.25, 0.3) is 5.91 Å². The molecule has 1 fully saturated rings. The van der Waals surface area contributed by atoms with Crippen LogP contribution < -0.4 is 5.32 Å². The van der Waals surface area contributed by atoms with Crippen molar-refractivity contribution in [3.05, 3.63) is 99.5 Å². The zero-order valence-electron chi connectivity index (χ0n) is 18.9. The van der Waals surface area contributed by atoms with Crippen LogP contribution in [0.5, 0.6) is 0 Å². The highest BCUT2D eigenvalue weighted by molar-refractivity contribution is 9.10. The summed E-state index contributed by atoms with van der Waals surface area (Å²) < 4.78 is 0.920. The molecule has 0 unspecified atom stereocenters. The molecule has 0 bridgehead atoms. The number of halogens is 1. The van der Waals surface area contributed by atoms with Gasteiger partial charge in [-0.2, -0.15) is 0 Å². The number of hydrogen-bond donors (Lipinski definition) is 2. The fourth-order valence-corrected chi connectivity index (χ4v) is 7.21. The van der Waals surface area contributed by atoms with E-state index in [2.05, 4.69) is 21.2 Å². The van der Waals surface area contributed by atoms with Crippen LogP contribution in [0.15, 0.2) is 98.8 Å². The van der Waals surface area contributed by atoms with E-state index in [-0.39, 0.29) is 18.0 Å². The lowest BCUT2D eigenvalue weighted by molar-refractivity contribution is -0.150. The molecule has 0 spiro atoms. The Bertz CT molecular complexity index is 1360. The Kier molecular flexibility index (Phi) is 7.22. The van der Waals surface area contributed by atoms with E-state index < -0.39 is 23.3 Å². The molecule has 36 heavy (non-hydrogen) atoms. The predicted octanol–water partition coefficient (Wildman–Crippen LogP) is 5.15. The SMILES string of the molecule is O=C(Cc1ccccc1)N[C@@H]1C(=O)N2C(C(=O)O)=C(Sc3ccc(Br)cc3-c3ccccc3)CS[C@H]12. The van der Waals surface area contributed by atoms with Gasteiger partial charge >= 0.3 is 5.97 Å². The molecular weight excluding hydrogens is 560 g/mol. The van der Waals surface area contributed by atoms with Crippen molar-refractivity contribution in [2.75, 3.05) is 5.75 Å². The zero-order valence-corrected chi connectivity index (χ0v) is 22.1. The lowest BCUT2D eigenvalue weighted by atomic mass is 10.0. The van der Waals surface area contributed by atoms with Crippen LogP contribution >= 0.6 is 39.5 Å². The number of β-lactam (4-membered cyclic amide) rings is 1. The molecule has 3 aromatic carbocycles. The first-order chi connectivity index (χ1) is 17.4. The number of rotatable bonds is 7. The molecule has 2 aliphatic rings. The number of thioether (sulfide) groups is 2. The van der Waals surface area contributed by atoms with E-state index in [0.717, 1.165) is 26.1 Å². The minimum Gasteiger partial charge on any atom is -0.477 e. The molecule has 3 aromatic rings. The summed E-state index contributed by atoms with van der Waals surface area (Å²) in [6.45, 7) is 0. The number of benzene rings is 3. The van der Waals surface area contributed by atoms with E-state index in [1.54, 1.807) is 0 Å². The molecule has 9 heteroatoms. The van der Waals surface area contributed by atoms with Crippen LogP contribution in [0.4, 0.5) is 0 Å². The summed E-state index contributed by atoms with van der Waals surface area (Å²) in [6, 6.07) is 24.3.